The van der Waals surface area contributed by atoms with Gasteiger partial charge in [-0.25, -0.2) is 4.98 Å². The third-order valence-corrected chi connectivity index (χ3v) is 2.97. The topological polar surface area (TPSA) is 48.3 Å². The molecule has 5 heteroatoms. The molecule has 5 nitrogen and oxygen atoms in total. The summed E-state index contributed by atoms with van der Waals surface area (Å²) in [4.78, 5) is 12.0. The van der Waals surface area contributed by atoms with Crippen molar-refractivity contribution < 1.29 is 4.42 Å². The fourth-order valence-electron chi connectivity index (χ4n) is 2.04. The van der Waals surface area contributed by atoms with Crippen LogP contribution in [-0.4, -0.2) is 47.0 Å². The number of aromatic amines is 1. The number of imidazole rings is 1. The lowest BCUT2D eigenvalue weighted by Crippen LogP contribution is -2.27. The van der Waals surface area contributed by atoms with Crippen LogP contribution in [0.25, 0.3) is 0 Å². The molecule has 0 amide bonds. The average molecular weight is 262 g/mol. The first-order chi connectivity index (χ1) is 9.24. The highest BCUT2D eigenvalue weighted by Crippen LogP contribution is 2.09. The van der Waals surface area contributed by atoms with Crippen LogP contribution in [0.4, 0.5) is 0 Å². The largest absolute Gasteiger partial charge is 0.468 e. The Labute approximate surface area is 114 Å². The highest BCUT2D eigenvalue weighted by molar-refractivity contribution is 4.98. The van der Waals surface area contributed by atoms with E-state index in [9.17, 15) is 0 Å². The van der Waals surface area contributed by atoms with Crippen molar-refractivity contribution in [3.8, 4) is 0 Å². The summed E-state index contributed by atoms with van der Waals surface area (Å²) in [5.41, 5.74) is 0. The van der Waals surface area contributed by atoms with E-state index in [1.165, 1.54) is 0 Å². The maximum atomic E-state index is 5.43. The molecule has 0 saturated heterocycles. The summed E-state index contributed by atoms with van der Waals surface area (Å²) in [6.07, 6.45) is 6.51. The summed E-state index contributed by atoms with van der Waals surface area (Å²) < 4.78 is 5.43. The summed E-state index contributed by atoms with van der Waals surface area (Å²) in [6.45, 7) is 3.76. The summed E-state index contributed by atoms with van der Waals surface area (Å²) in [6, 6.07) is 3.95. The molecule has 0 unspecified atom stereocenters. The zero-order chi connectivity index (χ0) is 13.5. The standard InChI is InChI=1S/C14H22N4O/c1-17(2)8-4-9-18(11-13-5-3-10-19-13)12-14-15-6-7-16-14/h3,5-7,10H,4,8-9,11-12H2,1-2H3,(H,15,16). The van der Waals surface area contributed by atoms with Crippen molar-refractivity contribution in [1.82, 2.24) is 19.8 Å². The van der Waals surface area contributed by atoms with Crippen LogP contribution in [0.15, 0.2) is 35.2 Å². The molecule has 2 rings (SSSR count). The van der Waals surface area contributed by atoms with Gasteiger partial charge < -0.3 is 14.3 Å². The molecular weight excluding hydrogens is 240 g/mol. The van der Waals surface area contributed by atoms with Crippen molar-refractivity contribution in [2.24, 2.45) is 0 Å². The number of H-pyrrole nitrogens is 1. The van der Waals surface area contributed by atoms with Gasteiger partial charge in [0.15, 0.2) is 0 Å². The number of hydrogen-bond acceptors (Lipinski definition) is 4. The van der Waals surface area contributed by atoms with Gasteiger partial charge in [-0.15, -0.1) is 0 Å². The molecule has 19 heavy (non-hydrogen) atoms. The Bertz CT molecular complexity index is 400. The first-order valence-electron chi connectivity index (χ1n) is 6.62. The van der Waals surface area contributed by atoms with Gasteiger partial charge in [0.05, 0.1) is 19.4 Å². The van der Waals surface area contributed by atoms with Crippen LogP contribution >= 0.6 is 0 Å². The van der Waals surface area contributed by atoms with Crippen molar-refractivity contribution in [1.29, 1.82) is 0 Å². The Morgan fingerprint density at radius 2 is 2.16 bits per heavy atom. The summed E-state index contributed by atoms with van der Waals surface area (Å²) in [5.74, 6) is 1.99. The van der Waals surface area contributed by atoms with E-state index in [2.05, 4.69) is 33.9 Å². The van der Waals surface area contributed by atoms with E-state index >= 15 is 0 Å². The van der Waals surface area contributed by atoms with E-state index < -0.39 is 0 Å². The molecule has 0 aliphatic heterocycles. The van der Waals surface area contributed by atoms with Crippen LogP contribution < -0.4 is 0 Å². The molecule has 2 aromatic heterocycles. The van der Waals surface area contributed by atoms with Gasteiger partial charge in [0.1, 0.15) is 11.6 Å². The number of rotatable bonds is 8. The molecule has 0 spiro atoms. The number of furan rings is 1. The number of aromatic nitrogens is 2. The minimum Gasteiger partial charge on any atom is -0.468 e. The summed E-state index contributed by atoms with van der Waals surface area (Å²) >= 11 is 0. The lowest BCUT2D eigenvalue weighted by Gasteiger charge is -2.21. The molecule has 1 N–H and O–H groups in total. The number of nitrogens with one attached hydrogen (secondary N) is 1. The Balaban J connectivity index is 1.88. The zero-order valence-electron chi connectivity index (χ0n) is 11.7. The zero-order valence-corrected chi connectivity index (χ0v) is 11.7. The van der Waals surface area contributed by atoms with Gasteiger partial charge in [-0.2, -0.15) is 0 Å². The highest BCUT2D eigenvalue weighted by atomic mass is 16.3. The molecule has 0 atom stereocenters. The van der Waals surface area contributed by atoms with Crippen molar-refractivity contribution in [2.45, 2.75) is 19.5 Å². The van der Waals surface area contributed by atoms with Gasteiger partial charge in [0.2, 0.25) is 0 Å². The molecular formula is C14H22N4O. The van der Waals surface area contributed by atoms with Crippen molar-refractivity contribution >= 4 is 0 Å². The van der Waals surface area contributed by atoms with Crippen LogP contribution in [0.5, 0.6) is 0 Å². The fourth-order valence-corrected chi connectivity index (χ4v) is 2.04. The first kappa shape index (κ1) is 13.8. The maximum absolute atomic E-state index is 5.43. The van der Waals surface area contributed by atoms with Crippen LogP contribution in [-0.2, 0) is 13.1 Å². The van der Waals surface area contributed by atoms with Gasteiger partial charge in [0, 0.05) is 18.9 Å². The van der Waals surface area contributed by atoms with Gasteiger partial charge in [0.25, 0.3) is 0 Å². The van der Waals surface area contributed by atoms with Gasteiger partial charge >= 0.3 is 0 Å². The molecule has 0 aliphatic carbocycles. The number of nitrogens with zero attached hydrogens (tertiary/aromatic N) is 3. The van der Waals surface area contributed by atoms with E-state index in [0.29, 0.717) is 0 Å². The SMILES string of the molecule is CN(C)CCCN(Cc1ncc[nH]1)Cc1ccco1. The van der Waals surface area contributed by atoms with Crippen molar-refractivity contribution in [2.75, 3.05) is 27.2 Å². The molecule has 2 aromatic rings. The van der Waals surface area contributed by atoms with Crippen LogP contribution in [0, 0.1) is 0 Å². The second-order valence-corrected chi connectivity index (χ2v) is 4.98. The molecule has 0 aliphatic rings. The normalized spacial score (nSPS) is 11.6. The lowest BCUT2D eigenvalue weighted by molar-refractivity contribution is 0.218. The Morgan fingerprint density at radius 1 is 1.26 bits per heavy atom. The Morgan fingerprint density at radius 3 is 2.79 bits per heavy atom. The molecule has 0 saturated carbocycles. The fraction of sp³-hybridized carbons (Fsp3) is 0.500. The summed E-state index contributed by atoms with van der Waals surface area (Å²) in [7, 11) is 4.20. The molecule has 104 valence electrons. The van der Waals surface area contributed by atoms with Crippen LogP contribution in [0.2, 0.25) is 0 Å². The van der Waals surface area contributed by atoms with E-state index in [0.717, 1.165) is 44.2 Å². The average Bonchev–Trinajstić information content (AvgIpc) is 3.01. The molecule has 0 fully saturated rings. The molecule has 0 radical (unpaired) electrons. The van der Waals surface area contributed by atoms with E-state index in [4.69, 9.17) is 4.42 Å². The van der Waals surface area contributed by atoms with Gasteiger partial charge in [-0.05, 0) is 39.2 Å². The quantitative estimate of drug-likeness (QED) is 0.790. The second-order valence-electron chi connectivity index (χ2n) is 4.98. The van der Waals surface area contributed by atoms with Gasteiger partial charge in [-0.3, -0.25) is 4.90 Å². The number of hydrogen-bond donors (Lipinski definition) is 1. The van der Waals surface area contributed by atoms with E-state index in [1.807, 2.05) is 18.3 Å². The predicted molar refractivity (Wildman–Crippen MR) is 74.6 cm³/mol. The highest BCUT2D eigenvalue weighted by Gasteiger charge is 2.10. The minimum atomic E-state index is 0.821. The predicted octanol–water partition coefficient (Wildman–Crippen LogP) is 1.96. The Hall–Kier alpha value is -1.59. The molecule has 0 bridgehead atoms. The van der Waals surface area contributed by atoms with Crippen LogP contribution in [0.1, 0.15) is 18.0 Å². The van der Waals surface area contributed by atoms with Crippen LogP contribution in [0.3, 0.4) is 0 Å². The molecule has 0 aromatic carbocycles. The lowest BCUT2D eigenvalue weighted by atomic mass is 10.3. The maximum Gasteiger partial charge on any atom is 0.120 e. The monoisotopic (exact) mass is 262 g/mol. The van der Waals surface area contributed by atoms with E-state index in [1.54, 1.807) is 12.5 Å². The Kier molecular flexibility index (Phi) is 5.18. The third kappa shape index (κ3) is 4.89. The van der Waals surface area contributed by atoms with Crippen molar-refractivity contribution in [3.05, 3.63) is 42.4 Å². The smallest absolute Gasteiger partial charge is 0.120 e. The van der Waals surface area contributed by atoms with Gasteiger partial charge in [-0.1, -0.05) is 0 Å². The second kappa shape index (κ2) is 7.11. The molecule has 2 heterocycles. The first-order valence-corrected chi connectivity index (χ1v) is 6.62. The third-order valence-electron chi connectivity index (χ3n) is 2.97. The van der Waals surface area contributed by atoms with E-state index in [-0.39, 0.29) is 0 Å². The summed E-state index contributed by atoms with van der Waals surface area (Å²) in [5, 5.41) is 0. The van der Waals surface area contributed by atoms with Crippen molar-refractivity contribution in [3.63, 3.8) is 0 Å². The minimum absolute atomic E-state index is 0.821.